The summed E-state index contributed by atoms with van der Waals surface area (Å²) in [7, 11) is -5.80. The lowest BCUT2D eigenvalue weighted by atomic mass is 9.84. The number of rotatable bonds is 73. The van der Waals surface area contributed by atoms with Crippen LogP contribution in [0.1, 0.15) is 388 Å². The van der Waals surface area contributed by atoms with E-state index in [2.05, 4.69) is 46.8 Å². The first-order valence-corrected chi connectivity index (χ1v) is 47.3. The minimum atomic E-state index is -5.80. The average molecular weight is 1650 g/mol. The van der Waals surface area contributed by atoms with Crippen molar-refractivity contribution in [1.29, 1.82) is 0 Å². The number of aliphatic hydroxyl groups is 9. The Hall–Kier alpha value is -2.79. The van der Waals surface area contributed by atoms with Gasteiger partial charge in [0.25, 0.3) is 0 Å². The Morgan fingerprint density at radius 3 is 1.14 bits per heavy atom. The van der Waals surface area contributed by atoms with Gasteiger partial charge in [-0.05, 0) is 57.3 Å². The van der Waals surface area contributed by atoms with Gasteiger partial charge in [-0.2, -0.15) is 0 Å². The lowest BCUT2D eigenvalue weighted by Gasteiger charge is -2.50. The maximum Gasteiger partial charge on any atom is 0.472 e. The molecule has 0 aromatic carbocycles. The van der Waals surface area contributed by atoms with Crippen LogP contribution in [0, 0.1) is 5.92 Å². The molecule has 3 fully saturated rings. The summed E-state index contributed by atoms with van der Waals surface area (Å²) in [4.78, 5) is 66.3. The molecule has 0 aromatic rings. The first-order valence-electron chi connectivity index (χ1n) is 45.8. The van der Waals surface area contributed by atoms with E-state index in [4.69, 9.17) is 46.9 Å². The topological polar surface area (TPSA) is 380 Å². The van der Waals surface area contributed by atoms with Crippen LogP contribution in [0.15, 0.2) is 12.2 Å². The number of allylic oxidation sites excluding steroid dienone is 2. The molecule has 2 aliphatic heterocycles. The largest absolute Gasteiger partial charge is 0.472 e. The second-order valence-corrected chi connectivity index (χ2v) is 34.5. The van der Waals surface area contributed by atoms with Crippen LogP contribution < -0.4 is 0 Å². The van der Waals surface area contributed by atoms with Crippen molar-refractivity contribution < 1.29 is 122 Å². The van der Waals surface area contributed by atoms with Crippen LogP contribution in [-0.4, -0.2) is 205 Å². The van der Waals surface area contributed by atoms with Crippen LogP contribution in [0.25, 0.3) is 0 Å². The minimum Gasteiger partial charge on any atom is -0.463 e. The molecule has 0 aromatic heterocycles. The van der Waals surface area contributed by atoms with Gasteiger partial charge >= 0.3 is 31.7 Å². The van der Waals surface area contributed by atoms with E-state index in [1.165, 1.54) is 167 Å². The van der Waals surface area contributed by atoms with Crippen molar-refractivity contribution in [1.82, 2.24) is 0 Å². The molecule has 1 saturated carbocycles. The summed E-state index contributed by atoms with van der Waals surface area (Å²) in [6.07, 6.45) is 22.4. The zero-order chi connectivity index (χ0) is 83.4. The first kappa shape index (κ1) is 105. The average Bonchev–Trinajstić information content (AvgIpc) is 0.754. The predicted octanol–water partition coefficient (Wildman–Crippen LogP) is 16.2. The van der Waals surface area contributed by atoms with Gasteiger partial charge in [-0.3, -0.25) is 28.2 Å². The molecule has 10 N–H and O–H groups in total. The Labute approximate surface area is 686 Å². The molecule has 0 radical (unpaired) electrons. The van der Waals surface area contributed by atoms with Crippen molar-refractivity contribution in [3.8, 4) is 0 Å². The Morgan fingerprint density at radius 1 is 0.368 bits per heavy atom. The molecule has 2 heterocycles. The summed E-state index contributed by atoms with van der Waals surface area (Å²) in [5, 5.41) is 102. The number of carbonyl (C=O) groups excluding carboxylic acids is 4. The molecule has 114 heavy (non-hydrogen) atoms. The number of phosphoric ester groups is 1. The minimum absolute atomic E-state index is 0.0154. The lowest BCUT2D eigenvalue weighted by Crippen LogP contribution is -2.70. The normalized spacial score (nSPS) is 25.7. The SMILES string of the molecule is CCCCCCCC/C=C\CCCCCC(=O)OC(COC(=O)CCCCCCCCCCCCCCC)COP(=O)(O)OC1C(OC2OC(CO)C(O)C(O)C2O)C(O)C(O)C(OC(=O)CCCCCCCCCCCCCCC)C1OC1OC(COC(=O)CCCCCCCCC(C)CCCCCCCC)C(O)C(O)C1O. The van der Waals surface area contributed by atoms with Crippen molar-refractivity contribution in [3.63, 3.8) is 0 Å². The highest BCUT2D eigenvalue weighted by Gasteiger charge is 2.60. The summed E-state index contributed by atoms with van der Waals surface area (Å²) >= 11 is 0. The second kappa shape index (κ2) is 66.9. The molecule has 25 nitrogen and oxygen atoms in total. The van der Waals surface area contributed by atoms with Crippen molar-refractivity contribution >= 4 is 31.7 Å². The van der Waals surface area contributed by atoms with E-state index < -0.39 is 162 Å². The van der Waals surface area contributed by atoms with Gasteiger partial charge in [-0.25, -0.2) is 4.57 Å². The van der Waals surface area contributed by atoms with Crippen LogP contribution >= 0.6 is 7.82 Å². The molecule has 0 amide bonds. The van der Waals surface area contributed by atoms with Gasteiger partial charge < -0.3 is 88.7 Å². The summed E-state index contributed by atoms with van der Waals surface area (Å²) in [5.41, 5.74) is 0. The van der Waals surface area contributed by atoms with Gasteiger partial charge in [0.1, 0.15) is 92.6 Å². The quantitative estimate of drug-likeness (QED) is 0.00889. The fourth-order valence-electron chi connectivity index (χ4n) is 15.3. The molecule has 670 valence electrons. The highest BCUT2D eigenvalue weighted by Crippen LogP contribution is 2.49. The number of hydrogen-bond donors (Lipinski definition) is 10. The Balaban J connectivity index is 1.93. The molecule has 3 rings (SSSR count). The lowest BCUT2D eigenvalue weighted by molar-refractivity contribution is -0.360. The molecular formula is C88H163O25P. The Bertz CT molecular complexity index is 2440. The van der Waals surface area contributed by atoms with Crippen molar-refractivity contribution in [3.05, 3.63) is 12.2 Å². The van der Waals surface area contributed by atoms with Crippen molar-refractivity contribution in [2.45, 2.75) is 492 Å². The van der Waals surface area contributed by atoms with Crippen LogP contribution in [0.5, 0.6) is 0 Å². The van der Waals surface area contributed by atoms with E-state index in [1.807, 2.05) is 0 Å². The molecule has 19 atom stereocenters. The maximum absolute atomic E-state index is 14.9. The number of hydrogen-bond acceptors (Lipinski definition) is 24. The van der Waals surface area contributed by atoms with Crippen LogP contribution in [0.3, 0.4) is 0 Å². The second-order valence-electron chi connectivity index (χ2n) is 33.1. The van der Waals surface area contributed by atoms with Crippen LogP contribution in [0.4, 0.5) is 0 Å². The Morgan fingerprint density at radius 2 is 0.711 bits per heavy atom. The summed E-state index contributed by atoms with van der Waals surface area (Å²) in [6.45, 7) is 7.88. The van der Waals surface area contributed by atoms with Gasteiger partial charge in [0.05, 0.1) is 13.2 Å². The number of esters is 4. The predicted molar refractivity (Wildman–Crippen MR) is 439 cm³/mol. The molecule has 26 heteroatoms. The molecule has 2 saturated heterocycles. The fourth-order valence-corrected chi connectivity index (χ4v) is 16.2. The number of carbonyl (C=O) groups is 4. The number of ether oxygens (including phenoxy) is 8. The monoisotopic (exact) mass is 1650 g/mol. The summed E-state index contributed by atoms with van der Waals surface area (Å²) < 4.78 is 73.3. The van der Waals surface area contributed by atoms with Gasteiger partial charge in [0.15, 0.2) is 24.8 Å². The van der Waals surface area contributed by atoms with Crippen LogP contribution in [-0.2, 0) is 70.7 Å². The zero-order valence-corrected chi connectivity index (χ0v) is 72.2. The number of phosphoric acid groups is 1. The third-order valence-corrected chi connectivity index (χ3v) is 23.7. The molecule has 19 unspecified atom stereocenters. The van der Waals surface area contributed by atoms with Crippen LogP contribution in [0.2, 0.25) is 0 Å². The van der Waals surface area contributed by atoms with Gasteiger partial charge in [-0.1, -0.05) is 323 Å². The Kier molecular flexibility index (Phi) is 61.8. The number of unbranched alkanes of at least 4 members (excludes halogenated alkanes) is 43. The van der Waals surface area contributed by atoms with E-state index >= 15 is 0 Å². The third-order valence-electron chi connectivity index (χ3n) is 22.7. The molecule has 3 aliphatic rings. The van der Waals surface area contributed by atoms with E-state index in [0.717, 1.165) is 122 Å². The highest BCUT2D eigenvalue weighted by atomic mass is 31.2. The van der Waals surface area contributed by atoms with E-state index in [1.54, 1.807) is 0 Å². The first-order chi connectivity index (χ1) is 55.1. The molecule has 0 spiro atoms. The number of aliphatic hydroxyl groups excluding tert-OH is 9. The zero-order valence-electron chi connectivity index (χ0n) is 71.3. The smallest absolute Gasteiger partial charge is 0.463 e. The summed E-state index contributed by atoms with van der Waals surface area (Å²) in [6, 6.07) is 0. The molecular weight excluding hydrogens is 1490 g/mol. The van der Waals surface area contributed by atoms with Gasteiger partial charge in [-0.15, -0.1) is 0 Å². The maximum atomic E-state index is 14.9. The van der Waals surface area contributed by atoms with Gasteiger partial charge in [0, 0.05) is 25.7 Å². The fraction of sp³-hybridized carbons (Fsp3) is 0.932. The van der Waals surface area contributed by atoms with E-state index in [0.29, 0.717) is 44.4 Å². The van der Waals surface area contributed by atoms with Gasteiger partial charge in [0.2, 0.25) is 0 Å². The third kappa shape index (κ3) is 47.4. The molecule has 0 bridgehead atoms. The van der Waals surface area contributed by atoms with E-state index in [9.17, 15) is 74.6 Å². The van der Waals surface area contributed by atoms with Crippen molar-refractivity contribution in [2.75, 3.05) is 26.4 Å². The summed E-state index contributed by atoms with van der Waals surface area (Å²) in [5.74, 6) is -2.29. The molecule has 1 aliphatic carbocycles. The van der Waals surface area contributed by atoms with Crippen molar-refractivity contribution in [2.24, 2.45) is 5.92 Å². The van der Waals surface area contributed by atoms with E-state index in [-0.39, 0.29) is 25.7 Å². The highest BCUT2D eigenvalue weighted by molar-refractivity contribution is 7.47. The standard InChI is InChI=1S/C88H163O25P/c1-6-10-14-18-22-25-28-31-34-37-40-47-53-59-71(90)104-64-68(107-73(92)61-55-49-41-38-35-32-29-26-23-19-15-11-7-2)65-106-114(102,103)113-86-84(111-87-81(100)77(96)75(94)69(63-89)108-87)80(99)79(98)83(110-74(93)62-56-50-42-39-36-33-30-27-24-20-16-12-8-3)85(86)112-88-82(101)78(97)76(95)70(109-88)66-105-72(91)60-54-48-44-43-46-52-58-67(5)57-51-45-21-17-13-9-4/h32,35,67-70,75-89,94-101H,6-31,33-34,36-66H2,1-5H3,(H,102,103)/b35-32-.